The molecule has 0 aliphatic carbocycles. The molecule has 2 aromatic carbocycles. The molecule has 2 aromatic rings. The summed E-state index contributed by atoms with van der Waals surface area (Å²) < 4.78 is 16.0. The molecule has 0 spiro atoms. The molecule has 35 heavy (non-hydrogen) atoms. The molecule has 1 saturated heterocycles. The molecule has 1 heterocycles. The van der Waals surface area contributed by atoms with Gasteiger partial charge in [0.1, 0.15) is 6.54 Å². The highest BCUT2D eigenvalue weighted by Crippen LogP contribution is 2.34. The van der Waals surface area contributed by atoms with Gasteiger partial charge in [0, 0.05) is 5.69 Å². The summed E-state index contributed by atoms with van der Waals surface area (Å²) in [5.41, 5.74) is 2.27. The highest BCUT2D eigenvalue weighted by atomic mass is 32.2. The van der Waals surface area contributed by atoms with Crippen molar-refractivity contribution in [2.75, 3.05) is 25.6 Å². The third-order valence-electron chi connectivity index (χ3n) is 4.67. The van der Waals surface area contributed by atoms with Crippen LogP contribution in [-0.4, -0.2) is 54.3 Å². The average molecular weight is 499 g/mol. The molecule has 0 unspecified atom stereocenters. The molecule has 1 N–H and O–H groups in total. The first-order chi connectivity index (χ1) is 16.7. The van der Waals surface area contributed by atoms with E-state index in [0.717, 1.165) is 22.2 Å². The van der Waals surface area contributed by atoms with Gasteiger partial charge in [-0.2, -0.15) is 0 Å². The number of rotatable bonds is 9. The van der Waals surface area contributed by atoms with Crippen LogP contribution in [0.1, 0.15) is 25.0 Å². The molecule has 3 rings (SSSR count). The summed E-state index contributed by atoms with van der Waals surface area (Å²) in [4.78, 5) is 49.9. The van der Waals surface area contributed by atoms with Crippen LogP contribution in [0.2, 0.25) is 0 Å². The number of hydrogen-bond acceptors (Lipinski definition) is 8. The maximum absolute atomic E-state index is 12.6. The molecule has 0 radical (unpaired) electrons. The Labute approximate surface area is 207 Å². The van der Waals surface area contributed by atoms with Crippen molar-refractivity contribution in [3.05, 3.63) is 58.5 Å². The van der Waals surface area contributed by atoms with E-state index >= 15 is 0 Å². The summed E-state index contributed by atoms with van der Waals surface area (Å²) in [6.07, 6.45) is 1.18. The number of anilines is 1. The molecule has 1 aliphatic rings. The maximum Gasteiger partial charge on any atom is 0.326 e. The number of hydrogen-bond donors (Lipinski definition) is 1. The van der Waals surface area contributed by atoms with Crippen molar-refractivity contribution in [3.8, 4) is 11.5 Å². The van der Waals surface area contributed by atoms with Gasteiger partial charge in [0.15, 0.2) is 18.1 Å². The Hall–Kier alpha value is -3.79. The Kier molecular flexibility index (Phi) is 8.53. The fraction of sp³-hybridized carbons (Fsp3) is 0.280. The van der Waals surface area contributed by atoms with Gasteiger partial charge in [-0.25, -0.2) is 0 Å². The van der Waals surface area contributed by atoms with Gasteiger partial charge in [-0.15, -0.1) is 0 Å². The standard InChI is InChI=1S/C25H26N2O7S/c1-15(2)34-23(29)13-27-24(30)21(35-25(27)31)12-17-8-9-19(20(11-17)32-4)33-14-22(28)26-18-7-5-6-16(3)10-18/h5-12,15H,13-14H2,1-4H3,(H,26,28)/b21-12+. The third-order valence-corrected chi connectivity index (χ3v) is 5.58. The molecule has 0 bridgehead atoms. The maximum atomic E-state index is 12.6. The molecule has 9 nitrogen and oxygen atoms in total. The number of methoxy groups -OCH3 is 1. The van der Waals surface area contributed by atoms with E-state index < -0.39 is 23.7 Å². The van der Waals surface area contributed by atoms with Crippen molar-refractivity contribution in [2.45, 2.75) is 26.9 Å². The van der Waals surface area contributed by atoms with Crippen LogP contribution in [0.25, 0.3) is 6.08 Å². The molecular formula is C25H26N2O7S. The SMILES string of the molecule is COc1cc(/C=C2/SC(=O)N(CC(=O)OC(C)C)C2=O)ccc1OCC(=O)Nc1cccc(C)c1. The van der Waals surface area contributed by atoms with Crippen molar-refractivity contribution >= 4 is 46.5 Å². The highest BCUT2D eigenvalue weighted by molar-refractivity contribution is 8.18. The van der Waals surface area contributed by atoms with Crippen LogP contribution < -0.4 is 14.8 Å². The molecule has 10 heteroatoms. The number of carbonyl (C=O) groups excluding carboxylic acids is 4. The second-order valence-corrected chi connectivity index (χ2v) is 8.92. The van der Waals surface area contributed by atoms with Gasteiger partial charge in [-0.05, 0) is 74.0 Å². The van der Waals surface area contributed by atoms with Gasteiger partial charge >= 0.3 is 5.97 Å². The topological polar surface area (TPSA) is 111 Å². The number of ether oxygens (including phenoxy) is 3. The van der Waals surface area contributed by atoms with E-state index in [9.17, 15) is 19.2 Å². The van der Waals surface area contributed by atoms with Gasteiger partial charge in [-0.3, -0.25) is 24.1 Å². The number of nitrogens with one attached hydrogen (secondary N) is 1. The van der Waals surface area contributed by atoms with E-state index in [2.05, 4.69) is 5.32 Å². The Morgan fingerprint density at radius 2 is 1.89 bits per heavy atom. The second-order valence-electron chi connectivity index (χ2n) is 7.92. The summed E-state index contributed by atoms with van der Waals surface area (Å²) >= 11 is 0.737. The van der Waals surface area contributed by atoms with Crippen LogP contribution >= 0.6 is 11.8 Å². The van der Waals surface area contributed by atoms with Gasteiger partial charge in [0.25, 0.3) is 17.1 Å². The van der Waals surface area contributed by atoms with Crippen LogP contribution in [0, 0.1) is 6.92 Å². The second kappa shape index (κ2) is 11.6. The zero-order chi connectivity index (χ0) is 25.5. The van der Waals surface area contributed by atoms with Crippen molar-refractivity contribution in [3.63, 3.8) is 0 Å². The van der Waals surface area contributed by atoms with Crippen LogP contribution in [-0.2, 0) is 19.1 Å². The number of esters is 1. The first kappa shape index (κ1) is 25.8. The molecule has 1 aliphatic heterocycles. The monoisotopic (exact) mass is 498 g/mol. The summed E-state index contributed by atoms with van der Waals surface area (Å²) in [6.45, 7) is 4.63. The summed E-state index contributed by atoms with van der Waals surface area (Å²) in [5, 5.41) is 2.22. The van der Waals surface area contributed by atoms with Gasteiger partial charge < -0.3 is 19.5 Å². The van der Waals surface area contributed by atoms with E-state index in [1.807, 2.05) is 25.1 Å². The third kappa shape index (κ3) is 7.10. The lowest BCUT2D eigenvalue weighted by atomic mass is 10.2. The van der Waals surface area contributed by atoms with Gasteiger partial charge in [0.05, 0.1) is 18.1 Å². The molecule has 0 saturated carbocycles. The number of amides is 3. The molecule has 0 atom stereocenters. The van der Waals surface area contributed by atoms with Crippen LogP contribution in [0.4, 0.5) is 10.5 Å². The number of benzene rings is 2. The number of nitrogens with zero attached hydrogens (tertiary/aromatic N) is 1. The van der Waals surface area contributed by atoms with Crippen LogP contribution in [0.15, 0.2) is 47.4 Å². The minimum absolute atomic E-state index is 0.167. The minimum atomic E-state index is -0.654. The average Bonchev–Trinajstić information content (AvgIpc) is 3.04. The highest BCUT2D eigenvalue weighted by Gasteiger charge is 2.36. The zero-order valence-corrected chi connectivity index (χ0v) is 20.6. The normalized spacial score (nSPS) is 14.4. The summed E-state index contributed by atoms with van der Waals surface area (Å²) in [5.74, 6) is -0.868. The van der Waals surface area contributed by atoms with E-state index in [0.29, 0.717) is 22.7 Å². The number of carbonyl (C=O) groups is 4. The minimum Gasteiger partial charge on any atom is -0.493 e. The molecule has 0 aromatic heterocycles. The first-order valence-electron chi connectivity index (χ1n) is 10.8. The van der Waals surface area contributed by atoms with E-state index in [1.54, 1.807) is 38.1 Å². The van der Waals surface area contributed by atoms with Gasteiger partial charge in [-0.1, -0.05) is 18.2 Å². The number of thioether (sulfide) groups is 1. The predicted octanol–water partition coefficient (Wildman–Crippen LogP) is 4.01. The predicted molar refractivity (Wildman–Crippen MR) is 132 cm³/mol. The fourth-order valence-electron chi connectivity index (χ4n) is 3.17. The zero-order valence-electron chi connectivity index (χ0n) is 19.8. The van der Waals surface area contributed by atoms with E-state index in [-0.39, 0.29) is 23.5 Å². The largest absolute Gasteiger partial charge is 0.493 e. The number of aryl methyl sites for hydroxylation is 1. The van der Waals surface area contributed by atoms with Gasteiger partial charge in [0.2, 0.25) is 0 Å². The Bertz CT molecular complexity index is 1180. The fourth-order valence-corrected chi connectivity index (χ4v) is 4.01. The lowest BCUT2D eigenvalue weighted by Gasteiger charge is -2.13. The quantitative estimate of drug-likeness (QED) is 0.408. The summed E-state index contributed by atoms with van der Waals surface area (Å²) in [6, 6.07) is 12.3. The molecular weight excluding hydrogens is 472 g/mol. The van der Waals surface area contributed by atoms with E-state index in [1.165, 1.54) is 13.2 Å². The Morgan fingerprint density at radius 3 is 2.57 bits per heavy atom. The van der Waals surface area contributed by atoms with Crippen molar-refractivity contribution in [1.29, 1.82) is 0 Å². The molecule has 184 valence electrons. The smallest absolute Gasteiger partial charge is 0.326 e. The van der Waals surface area contributed by atoms with Crippen molar-refractivity contribution < 1.29 is 33.4 Å². The van der Waals surface area contributed by atoms with Crippen molar-refractivity contribution in [2.24, 2.45) is 0 Å². The van der Waals surface area contributed by atoms with Crippen LogP contribution in [0.5, 0.6) is 11.5 Å². The molecule has 1 fully saturated rings. The lowest BCUT2D eigenvalue weighted by molar-refractivity contribution is -0.149. The number of imide groups is 1. The summed E-state index contributed by atoms with van der Waals surface area (Å²) in [7, 11) is 1.45. The first-order valence-corrected chi connectivity index (χ1v) is 11.6. The van der Waals surface area contributed by atoms with Crippen molar-refractivity contribution in [1.82, 2.24) is 4.90 Å². The van der Waals surface area contributed by atoms with E-state index in [4.69, 9.17) is 14.2 Å². The Balaban J connectivity index is 1.65. The Morgan fingerprint density at radius 1 is 1.11 bits per heavy atom. The lowest BCUT2D eigenvalue weighted by Crippen LogP contribution is -2.35. The molecule has 3 amide bonds. The van der Waals surface area contributed by atoms with Crippen LogP contribution in [0.3, 0.4) is 0 Å².